The van der Waals surface area contributed by atoms with E-state index in [1.54, 1.807) is 5.43 Å². The van der Waals surface area contributed by atoms with Crippen LogP contribution in [-0.4, -0.2) is 12.1 Å². The maximum absolute atomic E-state index is 11.7. The highest BCUT2D eigenvalue weighted by atomic mass is 19.4. The molecule has 6 heteroatoms. The van der Waals surface area contributed by atoms with E-state index in [4.69, 9.17) is 0 Å². The fourth-order valence-corrected chi connectivity index (χ4v) is 0.320. The number of hydrazine groups is 1. The Kier molecular flexibility index (Phi) is 3.06. The molecule has 1 amide bonds. The Bertz CT molecular complexity index is 185. The van der Waals surface area contributed by atoms with Gasteiger partial charge in [0.05, 0.1) is 0 Å². The van der Waals surface area contributed by atoms with Crippen LogP contribution in [0.25, 0.3) is 0 Å². The lowest BCUT2D eigenvalue weighted by Gasteiger charge is -2.04. The summed E-state index contributed by atoms with van der Waals surface area (Å²) in [5.74, 6) is 3.58. The van der Waals surface area contributed by atoms with Crippen LogP contribution in [0.5, 0.6) is 0 Å². The highest BCUT2D eigenvalue weighted by Crippen LogP contribution is 2.24. The number of halogens is 3. The number of carbonyl (C=O) groups excluding carboxylic acids is 1. The highest BCUT2D eigenvalue weighted by molar-refractivity contribution is 5.87. The largest absolute Gasteiger partial charge is 0.412 e. The molecule has 64 valence electrons. The zero-order valence-corrected chi connectivity index (χ0v) is 5.70. The lowest BCUT2D eigenvalue weighted by atomic mass is 10.3. The lowest BCUT2D eigenvalue weighted by Crippen LogP contribution is -2.29. The molecule has 0 fully saturated rings. The number of hydrogen-bond acceptors (Lipinski definition) is 2. The molecule has 0 unspecified atom stereocenters. The molecule has 3 nitrogen and oxygen atoms in total. The van der Waals surface area contributed by atoms with Gasteiger partial charge in [-0.15, -0.1) is 0 Å². The van der Waals surface area contributed by atoms with Gasteiger partial charge in [-0.25, -0.2) is 5.84 Å². The van der Waals surface area contributed by atoms with Gasteiger partial charge in [0.15, 0.2) is 0 Å². The van der Waals surface area contributed by atoms with Gasteiger partial charge >= 0.3 is 6.18 Å². The Labute approximate surface area is 61.0 Å². The zero-order valence-electron chi connectivity index (χ0n) is 5.70. The predicted octanol–water partition coefficient (Wildman–Crippen LogP) is 0.485. The average molecular weight is 168 g/mol. The number of hydrogen-bond donors (Lipinski definition) is 2. The van der Waals surface area contributed by atoms with Gasteiger partial charge in [-0.1, -0.05) is 0 Å². The summed E-state index contributed by atoms with van der Waals surface area (Å²) < 4.78 is 35.0. The predicted molar refractivity (Wildman–Crippen MR) is 32.1 cm³/mol. The quantitative estimate of drug-likeness (QED) is 0.259. The smallest absolute Gasteiger partial charge is 0.291 e. The van der Waals surface area contributed by atoms with Crippen molar-refractivity contribution in [2.45, 2.75) is 13.1 Å². The van der Waals surface area contributed by atoms with Crippen LogP contribution in [0.15, 0.2) is 11.6 Å². The van der Waals surface area contributed by atoms with Gasteiger partial charge in [-0.05, 0) is 6.92 Å². The van der Waals surface area contributed by atoms with Crippen molar-refractivity contribution in [3.8, 4) is 0 Å². The Hall–Kier alpha value is -1.04. The van der Waals surface area contributed by atoms with Gasteiger partial charge in [0, 0.05) is 11.6 Å². The minimum absolute atomic E-state index is 0.389. The Morgan fingerprint density at radius 1 is 1.55 bits per heavy atom. The third-order valence-corrected chi connectivity index (χ3v) is 0.937. The van der Waals surface area contributed by atoms with Crippen molar-refractivity contribution in [1.82, 2.24) is 5.43 Å². The Morgan fingerprint density at radius 3 is 2.27 bits per heavy atom. The topological polar surface area (TPSA) is 55.1 Å². The zero-order chi connectivity index (χ0) is 9.07. The Morgan fingerprint density at radius 2 is 2.00 bits per heavy atom. The molecule has 0 saturated heterocycles. The summed E-state index contributed by atoms with van der Waals surface area (Å²) in [5.41, 5.74) is 0.567. The van der Waals surface area contributed by atoms with Crippen LogP contribution in [-0.2, 0) is 4.79 Å². The third-order valence-electron chi connectivity index (χ3n) is 0.937. The van der Waals surface area contributed by atoms with E-state index < -0.39 is 17.7 Å². The molecule has 0 aromatic rings. The normalized spacial score (nSPS) is 13.0. The first kappa shape index (κ1) is 9.96. The number of allylic oxidation sites excluding steroid dienone is 1. The Balaban J connectivity index is 4.35. The van der Waals surface area contributed by atoms with Crippen LogP contribution in [0.1, 0.15) is 6.92 Å². The minimum atomic E-state index is -4.47. The monoisotopic (exact) mass is 168 g/mol. The molecule has 0 aliphatic heterocycles. The second-order valence-corrected chi connectivity index (χ2v) is 1.83. The summed E-state index contributed by atoms with van der Waals surface area (Å²) >= 11 is 0. The summed E-state index contributed by atoms with van der Waals surface area (Å²) in [6.07, 6.45) is -4.08. The summed E-state index contributed by atoms with van der Waals surface area (Å²) in [4.78, 5) is 10.3. The number of carbonyl (C=O) groups is 1. The summed E-state index contributed by atoms with van der Waals surface area (Å²) in [5, 5.41) is 0. The molecular weight excluding hydrogens is 161 g/mol. The molecule has 0 aromatic carbocycles. The van der Waals surface area contributed by atoms with E-state index in [-0.39, 0.29) is 0 Å². The minimum Gasteiger partial charge on any atom is -0.291 e. The van der Waals surface area contributed by atoms with E-state index in [0.29, 0.717) is 6.08 Å². The van der Waals surface area contributed by atoms with Crippen molar-refractivity contribution in [1.29, 1.82) is 0 Å². The molecule has 11 heavy (non-hydrogen) atoms. The number of rotatable bonds is 1. The molecule has 0 rings (SSSR count). The van der Waals surface area contributed by atoms with Crippen molar-refractivity contribution in [2.24, 2.45) is 5.84 Å². The van der Waals surface area contributed by atoms with Crippen molar-refractivity contribution in [3.05, 3.63) is 11.6 Å². The standard InChI is InChI=1S/C5H7F3N2O/c1-3(5(6,7)8)2-4(11)10-9/h2H,9H2,1H3,(H,10,11). The first-order valence-corrected chi connectivity index (χ1v) is 2.64. The first-order chi connectivity index (χ1) is 4.88. The van der Waals surface area contributed by atoms with Gasteiger partial charge in [0.2, 0.25) is 0 Å². The second kappa shape index (κ2) is 3.38. The van der Waals surface area contributed by atoms with E-state index >= 15 is 0 Å². The second-order valence-electron chi connectivity index (χ2n) is 1.83. The molecule has 0 heterocycles. The van der Waals surface area contributed by atoms with E-state index in [0.717, 1.165) is 6.92 Å². The van der Waals surface area contributed by atoms with Gasteiger partial charge in [0.25, 0.3) is 5.91 Å². The maximum Gasteiger partial charge on any atom is 0.412 e. The van der Waals surface area contributed by atoms with Gasteiger partial charge < -0.3 is 0 Å². The number of nitrogens with one attached hydrogen (secondary N) is 1. The van der Waals surface area contributed by atoms with Crippen LogP contribution >= 0.6 is 0 Å². The fraction of sp³-hybridized carbons (Fsp3) is 0.400. The van der Waals surface area contributed by atoms with E-state index in [9.17, 15) is 18.0 Å². The van der Waals surface area contributed by atoms with E-state index in [2.05, 4.69) is 5.84 Å². The summed E-state index contributed by atoms with van der Waals surface area (Å²) in [7, 11) is 0. The molecule has 3 N–H and O–H groups in total. The number of alkyl halides is 3. The maximum atomic E-state index is 11.7. The molecule has 0 aliphatic carbocycles. The van der Waals surface area contributed by atoms with Crippen LogP contribution < -0.4 is 11.3 Å². The van der Waals surface area contributed by atoms with Crippen molar-refractivity contribution < 1.29 is 18.0 Å². The van der Waals surface area contributed by atoms with Crippen LogP contribution in [0.2, 0.25) is 0 Å². The van der Waals surface area contributed by atoms with Gasteiger partial charge in [-0.2, -0.15) is 13.2 Å². The first-order valence-electron chi connectivity index (χ1n) is 2.64. The number of nitrogens with two attached hydrogens (primary N) is 1. The molecule has 0 saturated carbocycles. The fourth-order valence-electron chi connectivity index (χ4n) is 0.320. The number of amides is 1. The van der Waals surface area contributed by atoms with Gasteiger partial charge in [0.1, 0.15) is 0 Å². The van der Waals surface area contributed by atoms with Crippen molar-refractivity contribution in [2.75, 3.05) is 0 Å². The van der Waals surface area contributed by atoms with Crippen LogP contribution in [0.4, 0.5) is 13.2 Å². The van der Waals surface area contributed by atoms with E-state index in [1.165, 1.54) is 0 Å². The third kappa shape index (κ3) is 3.61. The summed E-state index contributed by atoms with van der Waals surface area (Å²) in [6.45, 7) is 0.787. The highest BCUT2D eigenvalue weighted by Gasteiger charge is 2.30. The van der Waals surface area contributed by atoms with Crippen molar-refractivity contribution in [3.63, 3.8) is 0 Å². The van der Waals surface area contributed by atoms with E-state index in [1.807, 2.05) is 0 Å². The summed E-state index contributed by atoms with van der Waals surface area (Å²) in [6, 6.07) is 0. The molecule has 0 bridgehead atoms. The van der Waals surface area contributed by atoms with Crippen molar-refractivity contribution >= 4 is 5.91 Å². The van der Waals surface area contributed by atoms with Crippen LogP contribution in [0, 0.1) is 0 Å². The lowest BCUT2D eigenvalue weighted by molar-refractivity contribution is -0.118. The molecule has 0 aromatic heterocycles. The SMILES string of the molecule is CC(=CC(=O)NN)C(F)(F)F. The molecular formula is C5H7F3N2O. The van der Waals surface area contributed by atoms with Crippen LogP contribution in [0.3, 0.4) is 0 Å². The molecule has 0 spiro atoms. The molecule has 0 radical (unpaired) electrons. The molecule has 0 aliphatic rings. The van der Waals surface area contributed by atoms with Gasteiger partial charge in [-0.3, -0.25) is 10.2 Å². The average Bonchev–Trinajstić information content (AvgIpc) is 1.85. The molecule has 0 atom stereocenters.